The Labute approximate surface area is 97.2 Å². The van der Waals surface area contributed by atoms with Gasteiger partial charge in [-0.3, -0.25) is 4.79 Å². The van der Waals surface area contributed by atoms with Crippen LogP contribution in [0.1, 0.15) is 32.6 Å². The smallest absolute Gasteiger partial charge is 0.235 e. The summed E-state index contributed by atoms with van der Waals surface area (Å²) >= 11 is 5.45. The number of likely N-dealkylation sites (tertiary alicyclic amines) is 1. The largest absolute Gasteiger partial charge is 0.352 e. The van der Waals surface area contributed by atoms with Gasteiger partial charge in [-0.1, -0.05) is 13.3 Å². The molecule has 1 heterocycles. The summed E-state index contributed by atoms with van der Waals surface area (Å²) in [4.78, 5) is 13.6. The van der Waals surface area contributed by atoms with Crippen molar-refractivity contribution in [1.29, 1.82) is 0 Å². The molecular weight excluding hydrogens is 212 g/mol. The fraction of sp³-hybridized carbons (Fsp3) is 0.909. The van der Waals surface area contributed by atoms with Gasteiger partial charge >= 0.3 is 0 Å². The molecule has 4 heteroatoms. The Hall–Kier alpha value is -0.280. The molecule has 15 heavy (non-hydrogen) atoms. The molecule has 0 aromatic rings. The fourth-order valence-corrected chi connectivity index (χ4v) is 2.03. The normalized spacial score (nSPS) is 19.1. The van der Waals surface area contributed by atoms with Crippen LogP contribution in [0.25, 0.3) is 0 Å². The van der Waals surface area contributed by atoms with Gasteiger partial charge in [0, 0.05) is 19.1 Å². The van der Waals surface area contributed by atoms with Crippen molar-refractivity contribution < 1.29 is 4.79 Å². The van der Waals surface area contributed by atoms with Crippen LogP contribution in [-0.4, -0.2) is 42.4 Å². The third-order valence-corrected chi connectivity index (χ3v) is 3.14. The average Bonchev–Trinajstić information content (AvgIpc) is 2.28. The summed E-state index contributed by atoms with van der Waals surface area (Å²) in [6.07, 6.45) is 4.65. The molecule has 1 aliphatic rings. The average molecular weight is 233 g/mol. The second-order valence-corrected chi connectivity index (χ2v) is 4.44. The molecule has 0 aliphatic carbocycles. The van der Waals surface area contributed by atoms with E-state index in [0.29, 0.717) is 6.04 Å². The van der Waals surface area contributed by atoms with Crippen LogP contribution in [0, 0.1) is 0 Å². The van der Waals surface area contributed by atoms with E-state index in [1.165, 1.54) is 19.4 Å². The van der Waals surface area contributed by atoms with E-state index < -0.39 is 0 Å². The second kappa shape index (κ2) is 7.07. The Kier molecular flexibility index (Phi) is 6.03. The standard InChI is InChI=1S/C11H21ClN2O/c1-2-3-6-14-7-4-10(5-8-14)13-11(15)9-12/h10H,2-9H2,1H3,(H,13,15). The van der Waals surface area contributed by atoms with Crippen LogP contribution in [0.3, 0.4) is 0 Å². The molecule has 1 rings (SSSR count). The minimum Gasteiger partial charge on any atom is -0.352 e. The quantitative estimate of drug-likeness (QED) is 0.731. The van der Waals surface area contributed by atoms with E-state index in [9.17, 15) is 4.79 Å². The molecule has 0 aromatic carbocycles. The number of alkyl halides is 1. The van der Waals surface area contributed by atoms with E-state index in [2.05, 4.69) is 17.1 Å². The summed E-state index contributed by atoms with van der Waals surface area (Å²) in [5, 5.41) is 2.95. The van der Waals surface area contributed by atoms with Crippen molar-refractivity contribution >= 4 is 17.5 Å². The van der Waals surface area contributed by atoms with Gasteiger partial charge in [-0.05, 0) is 25.8 Å². The van der Waals surface area contributed by atoms with Gasteiger partial charge < -0.3 is 10.2 Å². The number of carbonyl (C=O) groups excluding carboxylic acids is 1. The van der Waals surface area contributed by atoms with Crippen molar-refractivity contribution in [2.24, 2.45) is 0 Å². The third-order valence-electron chi connectivity index (χ3n) is 2.90. The number of piperidine rings is 1. The van der Waals surface area contributed by atoms with Crippen LogP contribution in [0.2, 0.25) is 0 Å². The zero-order valence-electron chi connectivity index (χ0n) is 9.47. The number of amides is 1. The van der Waals surface area contributed by atoms with Gasteiger partial charge in [0.1, 0.15) is 5.88 Å². The van der Waals surface area contributed by atoms with Crippen LogP contribution >= 0.6 is 11.6 Å². The van der Waals surface area contributed by atoms with Gasteiger partial charge in [0.2, 0.25) is 5.91 Å². The Morgan fingerprint density at radius 3 is 2.67 bits per heavy atom. The minimum absolute atomic E-state index is 0.0383. The summed E-state index contributed by atoms with van der Waals surface area (Å²) in [5.41, 5.74) is 0. The molecule has 1 fully saturated rings. The van der Waals surface area contributed by atoms with E-state index in [-0.39, 0.29) is 11.8 Å². The molecule has 88 valence electrons. The maximum absolute atomic E-state index is 11.1. The number of hydrogen-bond donors (Lipinski definition) is 1. The first-order valence-electron chi connectivity index (χ1n) is 5.84. The molecule has 0 atom stereocenters. The van der Waals surface area contributed by atoms with Crippen LogP contribution in [0.4, 0.5) is 0 Å². The lowest BCUT2D eigenvalue weighted by Gasteiger charge is -2.32. The van der Waals surface area contributed by atoms with Crippen LogP contribution < -0.4 is 5.32 Å². The summed E-state index contributed by atoms with van der Waals surface area (Å²) in [7, 11) is 0. The number of rotatable bonds is 5. The number of nitrogens with zero attached hydrogens (tertiary/aromatic N) is 1. The van der Waals surface area contributed by atoms with Crippen molar-refractivity contribution in [3.8, 4) is 0 Å². The molecule has 3 nitrogen and oxygen atoms in total. The summed E-state index contributed by atoms with van der Waals surface area (Å²) in [6, 6.07) is 0.342. The minimum atomic E-state index is -0.0383. The summed E-state index contributed by atoms with van der Waals surface area (Å²) in [5.74, 6) is 0.0411. The van der Waals surface area contributed by atoms with Crippen molar-refractivity contribution in [2.45, 2.75) is 38.6 Å². The fourth-order valence-electron chi connectivity index (χ4n) is 1.95. The van der Waals surface area contributed by atoms with Gasteiger partial charge in [-0.2, -0.15) is 0 Å². The Bertz CT molecular complexity index is 191. The first-order valence-corrected chi connectivity index (χ1v) is 6.37. The molecule has 0 spiro atoms. The highest BCUT2D eigenvalue weighted by atomic mass is 35.5. The number of hydrogen-bond acceptors (Lipinski definition) is 2. The monoisotopic (exact) mass is 232 g/mol. The van der Waals surface area contributed by atoms with Gasteiger partial charge in [-0.25, -0.2) is 0 Å². The van der Waals surface area contributed by atoms with Gasteiger partial charge in [0.15, 0.2) is 0 Å². The molecular formula is C11H21ClN2O. The predicted molar refractivity (Wildman–Crippen MR) is 63.2 cm³/mol. The Morgan fingerprint density at radius 2 is 2.13 bits per heavy atom. The third kappa shape index (κ3) is 4.85. The highest BCUT2D eigenvalue weighted by Crippen LogP contribution is 2.10. The number of carbonyl (C=O) groups is 1. The zero-order valence-corrected chi connectivity index (χ0v) is 10.2. The van der Waals surface area contributed by atoms with Gasteiger partial charge in [0.25, 0.3) is 0 Å². The highest BCUT2D eigenvalue weighted by Gasteiger charge is 2.19. The molecule has 0 radical (unpaired) electrons. The first-order chi connectivity index (χ1) is 7.26. The van der Waals surface area contributed by atoms with Crippen LogP contribution in [0.5, 0.6) is 0 Å². The van der Waals surface area contributed by atoms with Gasteiger partial charge in [-0.15, -0.1) is 11.6 Å². The molecule has 1 amide bonds. The zero-order chi connectivity index (χ0) is 11.1. The number of halogens is 1. The molecule has 1 aliphatic heterocycles. The molecule has 0 saturated carbocycles. The maximum Gasteiger partial charge on any atom is 0.235 e. The molecule has 1 N–H and O–H groups in total. The molecule has 0 aromatic heterocycles. The lowest BCUT2D eigenvalue weighted by Crippen LogP contribution is -2.45. The molecule has 0 unspecified atom stereocenters. The van der Waals surface area contributed by atoms with Crippen molar-refractivity contribution in [2.75, 3.05) is 25.5 Å². The highest BCUT2D eigenvalue weighted by molar-refractivity contribution is 6.27. The van der Waals surface area contributed by atoms with Crippen LogP contribution in [-0.2, 0) is 4.79 Å². The second-order valence-electron chi connectivity index (χ2n) is 4.17. The Morgan fingerprint density at radius 1 is 1.47 bits per heavy atom. The number of nitrogens with one attached hydrogen (secondary N) is 1. The SMILES string of the molecule is CCCCN1CCC(NC(=O)CCl)CC1. The van der Waals surface area contributed by atoms with E-state index in [1.807, 2.05) is 0 Å². The van der Waals surface area contributed by atoms with Crippen LogP contribution in [0.15, 0.2) is 0 Å². The molecule has 1 saturated heterocycles. The van der Waals surface area contributed by atoms with Crippen molar-refractivity contribution in [3.63, 3.8) is 0 Å². The van der Waals surface area contributed by atoms with E-state index in [4.69, 9.17) is 11.6 Å². The molecule has 0 bridgehead atoms. The lowest BCUT2D eigenvalue weighted by molar-refractivity contribution is -0.119. The first kappa shape index (κ1) is 12.8. The predicted octanol–water partition coefficient (Wildman–Crippen LogP) is 1.61. The van der Waals surface area contributed by atoms with Crippen molar-refractivity contribution in [3.05, 3.63) is 0 Å². The summed E-state index contributed by atoms with van der Waals surface area (Å²) in [6.45, 7) is 5.63. The van der Waals surface area contributed by atoms with Crippen molar-refractivity contribution in [1.82, 2.24) is 10.2 Å². The number of unbranched alkanes of at least 4 members (excludes halogenated alkanes) is 1. The summed E-state index contributed by atoms with van der Waals surface area (Å²) < 4.78 is 0. The Balaban J connectivity index is 2.15. The maximum atomic E-state index is 11.1. The van der Waals surface area contributed by atoms with E-state index >= 15 is 0 Å². The van der Waals surface area contributed by atoms with E-state index in [1.54, 1.807) is 0 Å². The van der Waals surface area contributed by atoms with Gasteiger partial charge in [0.05, 0.1) is 0 Å². The van der Waals surface area contributed by atoms with E-state index in [0.717, 1.165) is 25.9 Å². The topological polar surface area (TPSA) is 32.3 Å². The lowest BCUT2D eigenvalue weighted by atomic mass is 10.0.